The maximum Gasteiger partial charge on any atom is 0.335 e. The highest BCUT2D eigenvalue weighted by molar-refractivity contribution is 5.93. The molecule has 5 rings (SSSR count). The Labute approximate surface area is 188 Å². The van der Waals surface area contributed by atoms with Crippen LogP contribution in [0.4, 0.5) is 15.9 Å². The van der Waals surface area contributed by atoms with E-state index in [9.17, 15) is 14.3 Å². The van der Waals surface area contributed by atoms with Crippen molar-refractivity contribution in [2.75, 3.05) is 11.9 Å². The molecule has 10 heteroatoms. The summed E-state index contributed by atoms with van der Waals surface area (Å²) in [7, 11) is 0. The Bertz CT molecular complexity index is 1350. The lowest BCUT2D eigenvalue weighted by molar-refractivity contribution is -0.0298. The van der Waals surface area contributed by atoms with Gasteiger partial charge in [-0.3, -0.25) is 4.57 Å². The summed E-state index contributed by atoms with van der Waals surface area (Å²) in [4.78, 5) is 29.2. The molecule has 4 heterocycles. The number of carbonyl (C=O) groups is 1. The quantitative estimate of drug-likeness (QED) is 0.459. The second-order valence-corrected chi connectivity index (χ2v) is 7.83. The van der Waals surface area contributed by atoms with Gasteiger partial charge in [0, 0.05) is 29.6 Å². The van der Waals surface area contributed by atoms with Crippen molar-refractivity contribution in [1.29, 1.82) is 0 Å². The molecule has 0 aliphatic carbocycles. The molecule has 1 unspecified atom stereocenters. The van der Waals surface area contributed by atoms with Crippen molar-refractivity contribution in [3.05, 3.63) is 60.1 Å². The zero-order chi connectivity index (χ0) is 22.9. The first-order valence-corrected chi connectivity index (χ1v) is 10.6. The number of nitrogens with one attached hydrogen (secondary N) is 1. The highest BCUT2D eigenvalue weighted by atomic mass is 19.1. The smallest absolute Gasteiger partial charge is 0.335 e. The van der Waals surface area contributed by atoms with E-state index in [4.69, 9.17) is 4.74 Å². The van der Waals surface area contributed by atoms with Crippen LogP contribution in [0.3, 0.4) is 0 Å². The molecule has 3 aromatic heterocycles. The number of fused-ring (bicyclic) bond motifs is 1. The minimum Gasteiger partial charge on any atom is -0.478 e. The van der Waals surface area contributed by atoms with Gasteiger partial charge >= 0.3 is 5.97 Å². The van der Waals surface area contributed by atoms with E-state index in [0.29, 0.717) is 40.5 Å². The van der Waals surface area contributed by atoms with Gasteiger partial charge in [0.15, 0.2) is 5.65 Å². The monoisotopic (exact) mass is 448 g/mol. The Kier molecular flexibility index (Phi) is 5.43. The number of rotatable bonds is 5. The van der Waals surface area contributed by atoms with Crippen molar-refractivity contribution in [3.63, 3.8) is 0 Å². The molecule has 1 aliphatic rings. The number of aromatic nitrogens is 5. The minimum absolute atomic E-state index is 0.123. The number of ether oxygens (including phenoxy) is 1. The fourth-order valence-corrected chi connectivity index (χ4v) is 3.96. The summed E-state index contributed by atoms with van der Waals surface area (Å²) >= 11 is 0. The van der Waals surface area contributed by atoms with E-state index in [2.05, 4.69) is 25.3 Å². The van der Waals surface area contributed by atoms with Gasteiger partial charge in [-0.2, -0.15) is 0 Å². The van der Waals surface area contributed by atoms with Crippen LogP contribution in [0.5, 0.6) is 0 Å². The third-order valence-corrected chi connectivity index (χ3v) is 5.73. The van der Waals surface area contributed by atoms with E-state index < -0.39 is 11.8 Å². The van der Waals surface area contributed by atoms with Crippen molar-refractivity contribution in [2.45, 2.75) is 32.4 Å². The fraction of sp³-hybridized carbons (Fsp3) is 0.261. The van der Waals surface area contributed by atoms with Gasteiger partial charge in [-0.05, 0) is 50.5 Å². The Morgan fingerprint density at radius 2 is 2.12 bits per heavy atom. The molecule has 1 atom stereocenters. The van der Waals surface area contributed by atoms with E-state index in [-0.39, 0.29) is 17.4 Å². The van der Waals surface area contributed by atoms with Gasteiger partial charge in [0.05, 0.1) is 11.9 Å². The summed E-state index contributed by atoms with van der Waals surface area (Å²) in [5, 5.41) is 12.4. The lowest BCUT2D eigenvalue weighted by atomic mass is 10.1. The van der Waals surface area contributed by atoms with E-state index in [1.54, 1.807) is 25.5 Å². The molecule has 168 valence electrons. The first kappa shape index (κ1) is 21.0. The number of imidazole rings is 1. The Hall–Kier alpha value is -3.92. The van der Waals surface area contributed by atoms with E-state index >= 15 is 0 Å². The van der Waals surface area contributed by atoms with Crippen molar-refractivity contribution in [2.24, 2.45) is 0 Å². The Morgan fingerprint density at radius 3 is 2.91 bits per heavy atom. The predicted octanol–water partition coefficient (Wildman–Crippen LogP) is 4.48. The lowest BCUT2D eigenvalue weighted by Gasteiger charge is -2.23. The summed E-state index contributed by atoms with van der Waals surface area (Å²) in [5.74, 6) is -1.44. The zero-order valence-corrected chi connectivity index (χ0v) is 17.8. The number of anilines is 2. The number of pyridine rings is 1. The molecule has 2 N–H and O–H groups in total. The number of benzene rings is 1. The maximum atomic E-state index is 14.3. The first-order chi connectivity index (χ1) is 16.0. The number of carboxylic acids is 1. The van der Waals surface area contributed by atoms with Crippen LogP contribution in [0.2, 0.25) is 0 Å². The van der Waals surface area contributed by atoms with Crippen LogP contribution in [0.15, 0.2) is 43.1 Å². The number of hydrogen-bond donors (Lipinski definition) is 2. The maximum absolute atomic E-state index is 14.3. The van der Waals surface area contributed by atoms with E-state index in [0.717, 1.165) is 25.3 Å². The van der Waals surface area contributed by atoms with Crippen molar-refractivity contribution in [3.8, 4) is 11.3 Å². The van der Waals surface area contributed by atoms with Crippen LogP contribution in [0.1, 0.15) is 41.4 Å². The molecule has 1 aliphatic heterocycles. The van der Waals surface area contributed by atoms with Gasteiger partial charge < -0.3 is 15.2 Å². The summed E-state index contributed by atoms with van der Waals surface area (Å²) in [6.07, 6.45) is 7.63. The van der Waals surface area contributed by atoms with Crippen LogP contribution in [-0.4, -0.2) is 42.2 Å². The molecule has 0 bridgehead atoms. The molecule has 1 fully saturated rings. The molecule has 0 amide bonds. The molecule has 0 saturated carbocycles. The molecule has 1 aromatic carbocycles. The first-order valence-electron chi connectivity index (χ1n) is 10.6. The topological polar surface area (TPSA) is 115 Å². The summed E-state index contributed by atoms with van der Waals surface area (Å²) < 4.78 is 22.1. The van der Waals surface area contributed by atoms with Crippen molar-refractivity contribution >= 4 is 28.6 Å². The third-order valence-electron chi connectivity index (χ3n) is 5.73. The average Bonchev–Trinajstić information content (AvgIpc) is 3.27. The van der Waals surface area contributed by atoms with E-state index in [1.165, 1.54) is 12.4 Å². The number of nitrogens with zero attached hydrogens (tertiary/aromatic N) is 5. The van der Waals surface area contributed by atoms with Gasteiger partial charge in [0.2, 0.25) is 0 Å². The number of hydrogen-bond acceptors (Lipinski definition) is 7. The van der Waals surface area contributed by atoms with Gasteiger partial charge in [-0.1, -0.05) is 0 Å². The zero-order valence-electron chi connectivity index (χ0n) is 17.8. The molecule has 9 nitrogen and oxygen atoms in total. The van der Waals surface area contributed by atoms with Crippen molar-refractivity contribution < 1.29 is 19.0 Å². The average molecular weight is 448 g/mol. The van der Waals surface area contributed by atoms with Crippen LogP contribution in [-0.2, 0) is 4.74 Å². The molecule has 0 spiro atoms. The van der Waals surface area contributed by atoms with Gasteiger partial charge in [0.1, 0.15) is 35.4 Å². The van der Waals surface area contributed by atoms with Gasteiger partial charge in [-0.25, -0.2) is 29.1 Å². The molecule has 1 saturated heterocycles. The summed E-state index contributed by atoms with van der Waals surface area (Å²) in [6, 6.07) is 5.96. The largest absolute Gasteiger partial charge is 0.478 e. The standard InChI is InChI=1S/C23H21FN6O3/c1-13-16(24)9-14(23(31)32)10-17(13)29-21-15(5-4-7-25-21)19-20-22(27-11-26-19)30(12-28-20)18-6-2-3-8-33-18/h4-5,7,9-12,18H,2-3,6,8H2,1H3,(H,25,29)(H,31,32). The van der Waals surface area contributed by atoms with Crippen LogP contribution < -0.4 is 5.32 Å². The second-order valence-electron chi connectivity index (χ2n) is 7.83. The Morgan fingerprint density at radius 1 is 1.24 bits per heavy atom. The molecular formula is C23H21FN6O3. The lowest BCUT2D eigenvalue weighted by Crippen LogP contribution is -2.17. The SMILES string of the molecule is Cc1c(F)cc(C(=O)O)cc1Nc1ncccc1-c1ncnc2c1ncn2C1CCCCO1. The van der Waals surface area contributed by atoms with Gasteiger partial charge in [-0.15, -0.1) is 0 Å². The minimum atomic E-state index is -1.22. The second kappa shape index (κ2) is 8.55. The van der Waals surface area contributed by atoms with Crippen LogP contribution in [0, 0.1) is 12.7 Å². The Balaban J connectivity index is 1.58. The third kappa shape index (κ3) is 3.89. The van der Waals surface area contributed by atoms with E-state index in [1.807, 2.05) is 10.6 Å². The summed E-state index contributed by atoms with van der Waals surface area (Å²) in [6.45, 7) is 2.27. The number of carboxylic acid groups (broad SMARTS) is 1. The molecule has 4 aromatic rings. The highest BCUT2D eigenvalue weighted by Gasteiger charge is 2.22. The number of aromatic carboxylic acids is 1. The summed E-state index contributed by atoms with van der Waals surface area (Å²) in [5.41, 5.74) is 2.84. The molecular weight excluding hydrogens is 427 g/mol. The highest BCUT2D eigenvalue weighted by Crippen LogP contribution is 2.34. The molecule has 0 radical (unpaired) electrons. The van der Waals surface area contributed by atoms with Gasteiger partial charge in [0.25, 0.3) is 0 Å². The number of halogens is 1. The van der Waals surface area contributed by atoms with Crippen LogP contribution in [0.25, 0.3) is 22.4 Å². The van der Waals surface area contributed by atoms with Crippen molar-refractivity contribution in [1.82, 2.24) is 24.5 Å². The normalized spacial score (nSPS) is 16.1. The fourth-order valence-electron chi connectivity index (χ4n) is 3.96. The van der Waals surface area contributed by atoms with Crippen LogP contribution >= 0.6 is 0 Å². The predicted molar refractivity (Wildman–Crippen MR) is 119 cm³/mol. The molecule has 33 heavy (non-hydrogen) atoms.